The number of nitrogens with one attached hydrogen (secondary N) is 1. The highest BCUT2D eigenvalue weighted by atomic mass is 16.7. The van der Waals surface area contributed by atoms with Crippen LogP contribution in [-0.2, 0) is 19.1 Å². The molecule has 26 heavy (non-hydrogen) atoms. The maximum Gasteiger partial charge on any atom is 0.350 e. The largest absolute Gasteiger partial charge is 0.497 e. The van der Waals surface area contributed by atoms with Gasteiger partial charge in [0.05, 0.1) is 7.11 Å². The number of esters is 2. The van der Waals surface area contributed by atoms with Gasteiger partial charge in [0.15, 0.2) is 5.57 Å². The van der Waals surface area contributed by atoms with Crippen molar-refractivity contribution in [3.8, 4) is 16.9 Å². The number of cyclic esters (lactones) is 2. The topological polar surface area (TPSA) is 73.9 Å². The number of anilines is 1. The number of rotatable bonds is 4. The zero-order valence-corrected chi connectivity index (χ0v) is 14.7. The standard InChI is InChI=1S/C20H19NO5/c1-20(2)25-18(22)17(19(23)26-20)12-21-15-8-4-6-13(10-15)14-7-5-9-16(11-14)24-3/h4-12,21H,1-3H3. The van der Waals surface area contributed by atoms with Crippen LogP contribution in [0.25, 0.3) is 11.1 Å². The smallest absolute Gasteiger partial charge is 0.350 e. The Morgan fingerprint density at radius 1 is 0.962 bits per heavy atom. The van der Waals surface area contributed by atoms with E-state index < -0.39 is 17.7 Å². The molecule has 1 heterocycles. The molecule has 0 aliphatic carbocycles. The van der Waals surface area contributed by atoms with Gasteiger partial charge in [-0.2, -0.15) is 0 Å². The minimum Gasteiger partial charge on any atom is -0.497 e. The van der Waals surface area contributed by atoms with E-state index in [9.17, 15) is 9.59 Å². The summed E-state index contributed by atoms with van der Waals surface area (Å²) in [6, 6.07) is 15.2. The van der Waals surface area contributed by atoms with Gasteiger partial charge >= 0.3 is 11.9 Å². The molecule has 0 saturated carbocycles. The third kappa shape index (κ3) is 3.85. The van der Waals surface area contributed by atoms with Gasteiger partial charge in [-0.1, -0.05) is 24.3 Å². The number of hydrogen-bond acceptors (Lipinski definition) is 6. The molecule has 2 aromatic rings. The quantitative estimate of drug-likeness (QED) is 0.515. The lowest BCUT2D eigenvalue weighted by atomic mass is 10.0. The summed E-state index contributed by atoms with van der Waals surface area (Å²) in [5.74, 6) is -1.93. The van der Waals surface area contributed by atoms with Crippen LogP contribution < -0.4 is 10.1 Å². The number of ether oxygens (including phenoxy) is 3. The highest BCUT2D eigenvalue weighted by molar-refractivity contribution is 6.15. The van der Waals surface area contributed by atoms with E-state index in [0.717, 1.165) is 16.9 Å². The summed E-state index contributed by atoms with van der Waals surface area (Å²) < 4.78 is 15.4. The van der Waals surface area contributed by atoms with Crippen molar-refractivity contribution in [3.05, 3.63) is 60.3 Å². The number of benzene rings is 2. The van der Waals surface area contributed by atoms with E-state index in [4.69, 9.17) is 14.2 Å². The number of carbonyl (C=O) groups excluding carboxylic acids is 2. The Hall–Kier alpha value is -3.28. The van der Waals surface area contributed by atoms with Crippen LogP contribution in [0.2, 0.25) is 0 Å². The molecule has 6 heteroatoms. The van der Waals surface area contributed by atoms with Crippen molar-refractivity contribution >= 4 is 17.6 Å². The van der Waals surface area contributed by atoms with Crippen LogP contribution in [0.4, 0.5) is 5.69 Å². The fourth-order valence-corrected chi connectivity index (χ4v) is 2.53. The molecule has 0 bridgehead atoms. The highest BCUT2D eigenvalue weighted by Crippen LogP contribution is 2.27. The second-order valence-corrected chi connectivity index (χ2v) is 6.19. The van der Waals surface area contributed by atoms with E-state index in [1.807, 2.05) is 48.5 Å². The van der Waals surface area contributed by atoms with Crippen molar-refractivity contribution in [2.45, 2.75) is 19.6 Å². The van der Waals surface area contributed by atoms with Crippen LogP contribution in [0.1, 0.15) is 13.8 Å². The maximum absolute atomic E-state index is 12.0. The molecule has 0 unspecified atom stereocenters. The maximum atomic E-state index is 12.0. The molecule has 0 amide bonds. The second-order valence-electron chi connectivity index (χ2n) is 6.19. The van der Waals surface area contributed by atoms with E-state index in [1.54, 1.807) is 7.11 Å². The van der Waals surface area contributed by atoms with E-state index in [-0.39, 0.29) is 5.57 Å². The van der Waals surface area contributed by atoms with Crippen LogP contribution in [-0.4, -0.2) is 24.8 Å². The lowest BCUT2D eigenvalue weighted by Gasteiger charge is -2.29. The molecule has 1 aliphatic rings. The van der Waals surface area contributed by atoms with Crippen LogP contribution in [0.3, 0.4) is 0 Å². The monoisotopic (exact) mass is 353 g/mol. The van der Waals surface area contributed by atoms with Crippen LogP contribution >= 0.6 is 0 Å². The number of methoxy groups -OCH3 is 1. The van der Waals surface area contributed by atoms with Crippen LogP contribution in [0.15, 0.2) is 60.3 Å². The Morgan fingerprint density at radius 2 is 1.58 bits per heavy atom. The van der Waals surface area contributed by atoms with Crippen molar-refractivity contribution in [1.82, 2.24) is 0 Å². The van der Waals surface area contributed by atoms with Gasteiger partial charge < -0.3 is 19.5 Å². The van der Waals surface area contributed by atoms with Crippen molar-refractivity contribution in [1.29, 1.82) is 0 Å². The fourth-order valence-electron chi connectivity index (χ4n) is 2.53. The van der Waals surface area contributed by atoms with Crippen LogP contribution in [0.5, 0.6) is 5.75 Å². The predicted molar refractivity (Wildman–Crippen MR) is 96.4 cm³/mol. The summed E-state index contributed by atoms with van der Waals surface area (Å²) in [6.07, 6.45) is 1.30. The molecule has 6 nitrogen and oxygen atoms in total. The average Bonchev–Trinajstić information content (AvgIpc) is 2.60. The lowest BCUT2D eigenvalue weighted by molar-refractivity contribution is -0.222. The van der Waals surface area contributed by atoms with Gasteiger partial charge in [0.25, 0.3) is 5.79 Å². The minimum atomic E-state index is -1.25. The summed E-state index contributed by atoms with van der Waals surface area (Å²) in [7, 11) is 1.62. The highest BCUT2D eigenvalue weighted by Gasteiger charge is 2.38. The van der Waals surface area contributed by atoms with Gasteiger partial charge in [-0.05, 0) is 35.4 Å². The number of hydrogen-bond donors (Lipinski definition) is 1. The second kappa shape index (κ2) is 6.92. The van der Waals surface area contributed by atoms with Crippen LogP contribution in [0, 0.1) is 0 Å². The summed E-state index contributed by atoms with van der Waals surface area (Å²) in [6.45, 7) is 3.01. The van der Waals surface area contributed by atoms with Gasteiger partial charge in [-0.15, -0.1) is 0 Å². The molecule has 0 spiro atoms. The van der Waals surface area contributed by atoms with E-state index in [1.165, 1.54) is 20.0 Å². The SMILES string of the molecule is COc1cccc(-c2cccc(NC=C3C(=O)OC(C)(C)OC3=O)c2)c1. The zero-order chi connectivity index (χ0) is 18.7. The average molecular weight is 353 g/mol. The first kappa shape index (κ1) is 17.5. The molecule has 0 atom stereocenters. The van der Waals surface area contributed by atoms with Crippen molar-refractivity contribution in [2.24, 2.45) is 0 Å². The molecule has 2 aromatic carbocycles. The van der Waals surface area contributed by atoms with Crippen molar-refractivity contribution in [3.63, 3.8) is 0 Å². The molecular formula is C20H19NO5. The summed E-state index contributed by atoms with van der Waals surface area (Å²) in [5.41, 5.74) is 2.47. The molecule has 0 radical (unpaired) electrons. The first-order valence-electron chi connectivity index (χ1n) is 8.06. The van der Waals surface area contributed by atoms with E-state index in [0.29, 0.717) is 5.69 Å². The van der Waals surface area contributed by atoms with Gasteiger partial charge in [0.2, 0.25) is 0 Å². The first-order valence-corrected chi connectivity index (χ1v) is 8.06. The van der Waals surface area contributed by atoms with Gasteiger partial charge in [-0.3, -0.25) is 0 Å². The number of carbonyl (C=O) groups is 2. The zero-order valence-electron chi connectivity index (χ0n) is 14.7. The molecule has 1 aliphatic heterocycles. The Kier molecular flexibility index (Phi) is 4.67. The van der Waals surface area contributed by atoms with Crippen molar-refractivity contribution < 1.29 is 23.8 Å². The summed E-state index contributed by atoms with van der Waals surface area (Å²) in [4.78, 5) is 23.9. The third-order valence-electron chi connectivity index (χ3n) is 3.77. The Labute approximate surface area is 151 Å². The molecule has 134 valence electrons. The molecule has 3 rings (SSSR count). The van der Waals surface area contributed by atoms with E-state index >= 15 is 0 Å². The fraction of sp³-hybridized carbons (Fsp3) is 0.200. The Bertz CT molecular complexity index is 863. The molecular weight excluding hydrogens is 334 g/mol. The first-order chi connectivity index (χ1) is 12.4. The lowest BCUT2D eigenvalue weighted by Crippen LogP contribution is -2.42. The Balaban J connectivity index is 1.81. The Morgan fingerprint density at radius 3 is 2.23 bits per heavy atom. The van der Waals surface area contributed by atoms with Gasteiger partial charge in [0, 0.05) is 25.7 Å². The van der Waals surface area contributed by atoms with E-state index in [2.05, 4.69) is 5.32 Å². The van der Waals surface area contributed by atoms with Gasteiger partial charge in [0.1, 0.15) is 5.75 Å². The molecule has 1 fully saturated rings. The molecule has 0 aromatic heterocycles. The molecule has 1 N–H and O–H groups in total. The summed E-state index contributed by atoms with van der Waals surface area (Å²) >= 11 is 0. The van der Waals surface area contributed by atoms with Gasteiger partial charge in [-0.25, -0.2) is 9.59 Å². The normalized spacial score (nSPS) is 15.7. The predicted octanol–water partition coefficient (Wildman–Crippen LogP) is 3.49. The molecule has 1 saturated heterocycles. The minimum absolute atomic E-state index is 0.184. The summed E-state index contributed by atoms with van der Waals surface area (Å²) in [5, 5.41) is 2.95. The third-order valence-corrected chi connectivity index (χ3v) is 3.77. The van der Waals surface area contributed by atoms with Crippen molar-refractivity contribution in [2.75, 3.05) is 12.4 Å².